The summed E-state index contributed by atoms with van der Waals surface area (Å²) in [5, 5.41) is 5.48. The molecule has 0 spiro atoms. The number of anilines is 1. The van der Waals surface area contributed by atoms with E-state index in [0.717, 1.165) is 45.6 Å². The third-order valence-corrected chi connectivity index (χ3v) is 5.48. The normalized spacial score (nSPS) is 14.5. The molecule has 1 saturated heterocycles. The van der Waals surface area contributed by atoms with E-state index in [0.29, 0.717) is 17.9 Å². The van der Waals surface area contributed by atoms with E-state index in [-0.39, 0.29) is 18.4 Å². The number of carbonyl (C=O) groups excluding carboxylic acids is 2. The van der Waals surface area contributed by atoms with Crippen LogP contribution in [-0.2, 0) is 4.79 Å². The van der Waals surface area contributed by atoms with Crippen molar-refractivity contribution in [3.8, 4) is 0 Å². The van der Waals surface area contributed by atoms with E-state index in [1.807, 2.05) is 0 Å². The van der Waals surface area contributed by atoms with Crippen molar-refractivity contribution < 1.29 is 14.0 Å². The van der Waals surface area contributed by atoms with Gasteiger partial charge < -0.3 is 20.0 Å². The van der Waals surface area contributed by atoms with Gasteiger partial charge in [-0.1, -0.05) is 12.1 Å². The maximum Gasteiger partial charge on any atom is 0.255 e. The van der Waals surface area contributed by atoms with Crippen LogP contribution < -0.4 is 15.5 Å². The van der Waals surface area contributed by atoms with E-state index in [4.69, 9.17) is 4.42 Å². The van der Waals surface area contributed by atoms with Crippen LogP contribution in [0.1, 0.15) is 34.5 Å². The molecule has 3 rings (SSSR count). The standard InChI is InChI=1S/C23H32N4O3/c1-18-6-5-7-20(16-18)27-13-11-26(12-14-27)10-4-3-9-24-22(28)17-25-23(29)21-8-15-30-19(21)2/h5-8,15-16H,3-4,9-14,17H2,1-2H3,(H,24,28)(H,25,29). The largest absolute Gasteiger partial charge is 0.469 e. The molecular weight excluding hydrogens is 380 g/mol. The molecule has 30 heavy (non-hydrogen) atoms. The summed E-state index contributed by atoms with van der Waals surface area (Å²) < 4.78 is 5.10. The molecule has 1 aliphatic rings. The van der Waals surface area contributed by atoms with Gasteiger partial charge in [0.2, 0.25) is 5.91 Å². The zero-order valence-electron chi connectivity index (χ0n) is 17.9. The Morgan fingerprint density at radius 3 is 2.53 bits per heavy atom. The summed E-state index contributed by atoms with van der Waals surface area (Å²) in [4.78, 5) is 28.8. The summed E-state index contributed by atoms with van der Waals surface area (Å²) in [6.07, 6.45) is 3.44. The first kappa shape index (κ1) is 21.9. The fraction of sp³-hybridized carbons (Fsp3) is 0.478. The molecule has 7 nitrogen and oxygen atoms in total. The van der Waals surface area contributed by atoms with Crippen molar-refractivity contribution in [3.05, 3.63) is 53.5 Å². The number of nitrogens with one attached hydrogen (secondary N) is 2. The van der Waals surface area contributed by atoms with Crippen LogP contribution in [0.5, 0.6) is 0 Å². The Balaban J connectivity index is 1.24. The van der Waals surface area contributed by atoms with Gasteiger partial charge in [-0.05, 0) is 57.0 Å². The number of hydrogen-bond donors (Lipinski definition) is 2. The van der Waals surface area contributed by atoms with Crippen molar-refractivity contribution in [1.29, 1.82) is 0 Å². The summed E-state index contributed by atoms with van der Waals surface area (Å²) in [5.74, 6) is 0.0881. The van der Waals surface area contributed by atoms with Crippen LogP contribution in [0.2, 0.25) is 0 Å². The number of nitrogens with zero attached hydrogens (tertiary/aromatic N) is 2. The molecule has 2 amide bonds. The SMILES string of the molecule is Cc1cccc(N2CCN(CCCCNC(=O)CNC(=O)c3ccoc3C)CC2)c1. The number of amides is 2. The van der Waals surface area contributed by atoms with Crippen molar-refractivity contribution >= 4 is 17.5 Å². The summed E-state index contributed by atoms with van der Waals surface area (Å²) >= 11 is 0. The molecule has 0 bridgehead atoms. The Morgan fingerprint density at radius 2 is 1.83 bits per heavy atom. The minimum absolute atomic E-state index is 0.0234. The lowest BCUT2D eigenvalue weighted by atomic mass is 10.2. The molecule has 1 aliphatic heterocycles. The number of benzene rings is 1. The number of carbonyl (C=O) groups is 2. The monoisotopic (exact) mass is 412 g/mol. The maximum absolute atomic E-state index is 12.0. The van der Waals surface area contributed by atoms with Crippen LogP contribution in [-0.4, -0.2) is 62.5 Å². The van der Waals surface area contributed by atoms with E-state index < -0.39 is 0 Å². The molecule has 0 unspecified atom stereocenters. The highest BCUT2D eigenvalue weighted by molar-refractivity contribution is 5.97. The molecule has 7 heteroatoms. The first-order valence-corrected chi connectivity index (χ1v) is 10.7. The van der Waals surface area contributed by atoms with Gasteiger partial charge in [0.1, 0.15) is 5.76 Å². The van der Waals surface area contributed by atoms with Crippen LogP contribution in [0.4, 0.5) is 5.69 Å². The third-order valence-electron chi connectivity index (χ3n) is 5.48. The van der Waals surface area contributed by atoms with Gasteiger partial charge in [0.15, 0.2) is 0 Å². The van der Waals surface area contributed by atoms with E-state index in [1.165, 1.54) is 17.5 Å². The van der Waals surface area contributed by atoms with Crippen molar-refractivity contribution in [3.63, 3.8) is 0 Å². The molecule has 2 N–H and O–H groups in total. The second-order valence-corrected chi connectivity index (χ2v) is 7.80. The summed E-state index contributed by atoms with van der Waals surface area (Å²) in [5.41, 5.74) is 3.07. The molecular formula is C23H32N4O3. The number of rotatable bonds is 9. The van der Waals surface area contributed by atoms with Gasteiger partial charge in [0.05, 0.1) is 18.4 Å². The van der Waals surface area contributed by atoms with Crippen molar-refractivity contribution in [2.45, 2.75) is 26.7 Å². The van der Waals surface area contributed by atoms with Gasteiger partial charge in [-0.15, -0.1) is 0 Å². The maximum atomic E-state index is 12.0. The number of aryl methyl sites for hydroxylation is 2. The molecule has 0 atom stereocenters. The Kier molecular flexibility index (Phi) is 7.90. The molecule has 2 aromatic rings. The smallest absolute Gasteiger partial charge is 0.255 e. The molecule has 162 valence electrons. The van der Waals surface area contributed by atoms with Crippen LogP contribution >= 0.6 is 0 Å². The molecule has 1 aromatic carbocycles. The lowest BCUT2D eigenvalue weighted by Gasteiger charge is -2.36. The van der Waals surface area contributed by atoms with Crippen LogP contribution in [0, 0.1) is 13.8 Å². The highest BCUT2D eigenvalue weighted by Gasteiger charge is 2.17. The quantitative estimate of drug-likeness (QED) is 0.618. The summed E-state index contributed by atoms with van der Waals surface area (Å²) in [7, 11) is 0. The molecule has 2 heterocycles. The van der Waals surface area contributed by atoms with Crippen molar-refractivity contribution in [2.75, 3.05) is 50.7 Å². The fourth-order valence-electron chi connectivity index (χ4n) is 3.68. The third kappa shape index (κ3) is 6.35. The number of furan rings is 1. The van der Waals surface area contributed by atoms with E-state index >= 15 is 0 Å². The zero-order valence-corrected chi connectivity index (χ0v) is 17.9. The highest BCUT2D eigenvalue weighted by Crippen LogP contribution is 2.17. The molecule has 1 aromatic heterocycles. The van der Waals surface area contributed by atoms with Crippen molar-refractivity contribution in [2.24, 2.45) is 0 Å². The average molecular weight is 413 g/mol. The van der Waals surface area contributed by atoms with Crippen molar-refractivity contribution in [1.82, 2.24) is 15.5 Å². The first-order chi connectivity index (χ1) is 14.5. The predicted octanol–water partition coefficient (Wildman–Crippen LogP) is 2.34. The second kappa shape index (κ2) is 10.8. The van der Waals surface area contributed by atoms with E-state index in [9.17, 15) is 9.59 Å². The molecule has 0 aliphatic carbocycles. The molecule has 1 fully saturated rings. The Morgan fingerprint density at radius 1 is 1.03 bits per heavy atom. The van der Waals surface area contributed by atoms with Crippen LogP contribution in [0.15, 0.2) is 41.0 Å². The van der Waals surface area contributed by atoms with E-state index in [2.05, 4.69) is 51.6 Å². The van der Waals surface area contributed by atoms with Crippen LogP contribution in [0.25, 0.3) is 0 Å². The van der Waals surface area contributed by atoms with Gasteiger partial charge in [-0.2, -0.15) is 0 Å². The minimum Gasteiger partial charge on any atom is -0.469 e. The first-order valence-electron chi connectivity index (χ1n) is 10.7. The summed E-state index contributed by atoms with van der Waals surface area (Å²) in [6, 6.07) is 10.3. The average Bonchev–Trinajstić information content (AvgIpc) is 3.18. The lowest BCUT2D eigenvalue weighted by molar-refractivity contribution is -0.120. The topological polar surface area (TPSA) is 77.8 Å². The second-order valence-electron chi connectivity index (χ2n) is 7.80. The number of unbranched alkanes of at least 4 members (excludes halogenated alkanes) is 1. The van der Waals surface area contributed by atoms with Crippen LogP contribution in [0.3, 0.4) is 0 Å². The zero-order chi connectivity index (χ0) is 21.3. The predicted molar refractivity (Wildman–Crippen MR) is 118 cm³/mol. The van der Waals surface area contributed by atoms with E-state index in [1.54, 1.807) is 13.0 Å². The highest BCUT2D eigenvalue weighted by atomic mass is 16.3. The minimum atomic E-state index is -0.291. The number of hydrogen-bond acceptors (Lipinski definition) is 5. The molecule has 0 radical (unpaired) electrons. The van der Waals surface area contributed by atoms with Gasteiger partial charge in [0, 0.05) is 38.4 Å². The Labute approximate surface area is 178 Å². The lowest BCUT2D eigenvalue weighted by Crippen LogP contribution is -2.46. The van der Waals surface area contributed by atoms with Gasteiger partial charge in [-0.3, -0.25) is 14.5 Å². The molecule has 0 saturated carbocycles. The van der Waals surface area contributed by atoms with Gasteiger partial charge in [0.25, 0.3) is 5.91 Å². The van der Waals surface area contributed by atoms with Gasteiger partial charge in [-0.25, -0.2) is 0 Å². The Hall–Kier alpha value is -2.80. The summed E-state index contributed by atoms with van der Waals surface area (Å²) in [6.45, 7) is 9.75. The fourth-order valence-corrected chi connectivity index (χ4v) is 3.68. The van der Waals surface area contributed by atoms with Gasteiger partial charge >= 0.3 is 0 Å². The Bertz CT molecular complexity index is 840. The number of piperazine rings is 1.